The van der Waals surface area contributed by atoms with E-state index in [1.807, 2.05) is 92.7 Å². The van der Waals surface area contributed by atoms with Gasteiger partial charge in [0.05, 0.1) is 12.2 Å². The Morgan fingerprint density at radius 2 is 1.63 bits per heavy atom. The number of allylic oxidation sites excluding steroid dienone is 1. The second kappa shape index (κ2) is 13.4. The first-order valence-corrected chi connectivity index (χ1v) is 14.8. The number of esters is 1. The number of nitrogens with one attached hydrogen (secondary N) is 1. The Kier molecular flexibility index (Phi) is 9.26. The van der Waals surface area contributed by atoms with Gasteiger partial charge >= 0.3 is 5.97 Å². The molecule has 1 N–H and O–H groups in total. The Morgan fingerprint density at radius 3 is 2.32 bits per heavy atom. The highest BCUT2D eigenvalue weighted by Gasteiger charge is 2.36. The summed E-state index contributed by atoms with van der Waals surface area (Å²) in [5, 5.41) is 8.72. The largest absolute Gasteiger partial charge is 0.490 e. The van der Waals surface area contributed by atoms with E-state index in [9.17, 15) is 4.79 Å². The van der Waals surface area contributed by atoms with E-state index >= 15 is 0 Å². The van der Waals surface area contributed by atoms with E-state index in [1.165, 1.54) is 0 Å². The molecule has 3 aromatic carbocycles. The van der Waals surface area contributed by atoms with Gasteiger partial charge in [-0.05, 0) is 49.1 Å². The van der Waals surface area contributed by atoms with Crippen molar-refractivity contribution in [1.82, 2.24) is 14.8 Å². The van der Waals surface area contributed by atoms with Gasteiger partial charge in [-0.3, -0.25) is 0 Å². The van der Waals surface area contributed by atoms with Crippen LogP contribution in [-0.2, 0) is 22.7 Å². The number of fused-ring (bicyclic) bond motifs is 1. The molecule has 41 heavy (non-hydrogen) atoms. The lowest BCUT2D eigenvalue weighted by atomic mass is 9.95. The quantitative estimate of drug-likeness (QED) is 0.147. The number of hydrogen-bond donors (Lipinski definition) is 1. The Balaban J connectivity index is 1.49. The van der Waals surface area contributed by atoms with Crippen molar-refractivity contribution in [3.05, 3.63) is 107 Å². The molecule has 5 rings (SSSR count). The number of hydrogen-bond acceptors (Lipinski definition) is 8. The van der Waals surface area contributed by atoms with Gasteiger partial charge in [0.25, 0.3) is 0 Å². The van der Waals surface area contributed by atoms with Gasteiger partial charge in [0.1, 0.15) is 19.3 Å². The van der Waals surface area contributed by atoms with E-state index < -0.39 is 12.0 Å². The molecule has 4 aromatic rings. The molecule has 1 aliphatic heterocycles. The van der Waals surface area contributed by atoms with Gasteiger partial charge in [-0.2, -0.15) is 4.98 Å². The minimum absolute atomic E-state index is 0.168. The van der Waals surface area contributed by atoms with Crippen LogP contribution in [0.25, 0.3) is 0 Å². The zero-order valence-electron chi connectivity index (χ0n) is 23.5. The molecule has 1 atom stereocenters. The molecule has 1 unspecified atom stereocenters. The molecule has 0 bridgehead atoms. The van der Waals surface area contributed by atoms with Crippen molar-refractivity contribution in [2.75, 3.05) is 17.7 Å². The molecule has 2 heterocycles. The predicted octanol–water partition coefficient (Wildman–Crippen LogP) is 6.79. The molecular formula is C32H34N4O4S. The van der Waals surface area contributed by atoms with Crippen LogP contribution in [0.2, 0.25) is 0 Å². The molecular weight excluding hydrogens is 536 g/mol. The molecule has 1 aliphatic rings. The van der Waals surface area contributed by atoms with Crippen LogP contribution in [0.3, 0.4) is 0 Å². The summed E-state index contributed by atoms with van der Waals surface area (Å²) in [6.07, 6.45) is 1.00. The molecule has 0 amide bonds. The first-order chi connectivity index (χ1) is 20.1. The molecule has 0 radical (unpaired) electrons. The lowest BCUT2D eigenvalue weighted by Crippen LogP contribution is -2.29. The van der Waals surface area contributed by atoms with Crippen LogP contribution in [0.15, 0.2) is 95.3 Å². The summed E-state index contributed by atoms with van der Waals surface area (Å²) in [5.74, 6) is 2.27. The summed E-state index contributed by atoms with van der Waals surface area (Å²) in [4.78, 5) is 18.4. The van der Waals surface area contributed by atoms with Gasteiger partial charge in [0, 0.05) is 11.4 Å². The first-order valence-electron chi connectivity index (χ1n) is 13.8. The molecule has 0 fully saturated rings. The Morgan fingerprint density at radius 1 is 0.927 bits per heavy atom. The van der Waals surface area contributed by atoms with Crippen LogP contribution >= 0.6 is 11.8 Å². The minimum atomic E-state index is -0.569. The average Bonchev–Trinajstić information content (AvgIpc) is 3.41. The van der Waals surface area contributed by atoms with Crippen LogP contribution in [-0.4, -0.2) is 33.1 Å². The monoisotopic (exact) mass is 570 g/mol. The standard InChI is InChI=1S/C32H34N4O4S/c1-4-18-41-32-34-31-33-22(3)28(30(37)40-21-24-14-10-7-11-15-24)29(36(31)35-32)25-16-17-26(27(19-25)38-5-2)39-20-23-12-8-6-9-13-23/h6-17,19,29H,4-5,18,20-21H2,1-3H3,(H,33,34,35). The number of rotatable bonds is 12. The lowest BCUT2D eigenvalue weighted by Gasteiger charge is -2.28. The number of ether oxygens (including phenoxy) is 3. The Labute approximate surface area is 244 Å². The number of carbonyl (C=O) groups is 1. The van der Waals surface area contributed by atoms with Crippen molar-refractivity contribution in [3.63, 3.8) is 0 Å². The Bertz CT molecular complexity index is 1500. The van der Waals surface area contributed by atoms with Crippen LogP contribution in [0, 0.1) is 0 Å². The second-order valence-electron chi connectivity index (χ2n) is 9.55. The van der Waals surface area contributed by atoms with Crippen LogP contribution in [0.4, 0.5) is 5.95 Å². The van der Waals surface area contributed by atoms with Crippen LogP contribution in [0.5, 0.6) is 11.5 Å². The zero-order chi connectivity index (χ0) is 28.6. The summed E-state index contributed by atoms with van der Waals surface area (Å²) in [7, 11) is 0. The summed E-state index contributed by atoms with van der Waals surface area (Å²) in [5.41, 5.74) is 3.92. The van der Waals surface area contributed by atoms with Crippen molar-refractivity contribution in [2.24, 2.45) is 0 Å². The third-order valence-corrected chi connectivity index (χ3v) is 7.57. The van der Waals surface area contributed by atoms with Crippen molar-refractivity contribution in [1.29, 1.82) is 0 Å². The highest BCUT2D eigenvalue weighted by Crippen LogP contribution is 2.40. The minimum Gasteiger partial charge on any atom is -0.490 e. The lowest BCUT2D eigenvalue weighted by molar-refractivity contribution is -0.140. The van der Waals surface area contributed by atoms with Crippen LogP contribution < -0.4 is 14.8 Å². The Hall–Kier alpha value is -4.24. The maximum Gasteiger partial charge on any atom is 0.338 e. The highest BCUT2D eigenvalue weighted by atomic mass is 32.2. The maximum atomic E-state index is 13.6. The smallest absolute Gasteiger partial charge is 0.338 e. The van der Waals surface area contributed by atoms with Crippen LogP contribution in [0.1, 0.15) is 49.9 Å². The summed E-state index contributed by atoms with van der Waals surface area (Å²) in [6, 6.07) is 24.8. The fourth-order valence-electron chi connectivity index (χ4n) is 4.58. The van der Waals surface area contributed by atoms with Gasteiger partial charge < -0.3 is 19.5 Å². The van der Waals surface area contributed by atoms with Crippen molar-refractivity contribution in [2.45, 2.75) is 51.6 Å². The molecule has 1 aromatic heterocycles. The molecule has 0 aliphatic carbocycles. The zero-order valence-corrected chi connectivity index (χ0v) is 24.3. The van der Waals surface area contributed by atoms with E-state index in [4.69, 9.17) is 24.3 Å². The molecule has 0 spiro atoms. The number of nitrogens with zero attached hydrogens (tertiary/aromatic N) is 3. The maximum absolute atomic E-state index is 13.6. The van der Waals surface area contributed by atoms with E-state index in [0.717, 1.165) is 28.9 Å². The third-order valence-electron chi connectivity index (χ3n) is 6.52. The topological polar surface area (TPSA) is 87.5 Å². The van der Waals surface area contributed by atoms with Gasteiger partial charge in [-0.25, -0.2) is 9.48 Å². The van der Waals surface area contributed by atoms with E-state index in [1.54, 1.807) is 16.4 Å². The number of benzene rings is 3. The van der Waals surface area contributed by atoms with E-state index in [-0.39, 0.29) is 6.61 Å². The van der Waals surface area contributed by atoms with Gasteiger partial charge in [-0.15, -0.1) is 5.10 Å². The molecule has 8 nitrogen and oxygen atoms in total. The first kappa shape index (κ1) is 28.3. The van der Waals surface area contributed by atoms with E-state index in [0.29, 0.717) is 47.1 Å². The SMILES string of the molecule is CCCSc1nc2n(n1)C(c1ccc(OCc3ccccc3)c(OCC)c1)C(C(=O)OCc1ccccc1)=C(C)N2. The second-order valence-corrected chi connectivity index (χ2v) is 10.6. The average molecular weight is 571 g/mol. The van der Waals surface area contributed by atoms with Gasteiger partial charge in [-0.1, -0.05) is 85.4 Å². The van der Waals surface area contributed by atoms with Crippen molar-refractivity contribution >= 4 is 23.7 Å². The summed E-state index contributed by atoms with van der Waals surface area (Å²) < 4.78 is 19.7. The van der Waals surface area contributed by atoms with E-state index in [2.05, 4.69) is 12.2 Å². The van der Waals surface area contributed by atoms with Gasteiger partial charge in [0.15, 0.2) is 11.5 Å². The molecule has 9 heteroatoms. The number of carbonyl (C=O) groups excluding carboxylic acids is 1. The number of aromatic nitrogens is 3. The fraction of sp³-hybridized carbons (Fsp3) is 0.281. The summed E-state index contributed by atoms with van der Waals surface area (Å²) >= 11 is 1.59. The number of thioether (sulfide) groups is 1. The molecule has 0 saturated heterocycles. The summed E-state index contributed by atoms with van der Waals surface area (Å²) in [6.45, 7) is 6.96. The predicted molar refractivity (Wildman–Crippen MR) is 160 cm³/mol. The highest BCUT2D eigenvalue weighted by molar-refractivity contribution is 7.99. The van der Waals surface area contributed by atoms with Crippen molar-refractivity contribution < 1.29 is 19.0 Å². The van der Waals surface area contributed by atoms with Crippen molar-refractivity contribution in [3.8, 4) is 11.5 Å². The molecule has 212 valence electrons. The fourth-order valence-corrected chi connectivity index (χ4v) is 5.26. The molecule has 0 saturated carbocycles. The third kappa shape index (κ3) is 6.74. The number of anilines is 1. The van der Waals surface area contributed by atoms with Gasteiger partial charge in [0.2, 0.25) is 11.1 Å². The normalized spacial score (nSPS) is 14.3.